The van der Waals surface area contributed by atoms with Gasteiger partial charge in [-0.15, -0.1) is 11.8 Å². The zero-order chi connectivity index (χ0) is 15.5. The number of hydrogen-bond donors (Lipinski definition) is 1. The highest BCUT2D eigenvalue weighted by atomic mass is 32.2. The maximum Gasteiger partial charge on any atom is 0.251 e. The Morgan fingerprint density at radius 1 is 1.32 bits per heavy atom. The van der Waals surface area contributed by atoms with Crippen molar-refractivity contribution in [3.05, 3.63) is 59.4 Å². The molecule has 0 fully saturated rings. The van der Waals surface area contributed by atoms with Crippen LogP contribution in [-0.4, -0.2) is 18.8 Å². The van der Waals surface area contributed by atoms with Crippen molar-refractivity contribution in [2.75, 3.05) is 12.9 Å². The van der Waals surface area contributed by atoms with Gasteiger partial charge >= 0.3 is 0 Å². The highest BCUT2D eigenvalue weighted by molar-refractivity contribution is 7.99. The van der Waals surface area contributed by atoms with Crippen LogP contribution in [0, 0.1) is 5.82 Å². The largest absolute Gasteiger partial charge is 0.494 e. The SMILES string of the molecule is COc1ccc(C(=O)N[C@@H]2CCSc3ccccc32)cc1F. The van der Waals surface area contributed by atoms with E-state index in [1.807, 2.05) is 18.2 Å². The minimum absolute atomic E-state index is 0.0323. The normalized spacial score (nSPS) is 16.7. The number of nitrogens with one attached hydrogen (secondary N) is 1. The van der Waals surface area contributed by atoms with Gasteiger partial charge in [-0.25, -0.2) is 4.39 Å². The van der Waals surface area contributed by atoms with Crippen molar-refractivity contribution in [1.29, 1.82) is 0 Å². The summed E-state index contributed by atoms with van der Waals surface area (Å²) >= 11 is 1.79. The molecule has 0 bridgehead atoms. The smallest absolute Gasteiger partial charge is 0.251 e. The molecule has 1 atom stereocenters. The second-order valence-corrected chi connectivity index (χ2v) is 6.19. The van der Waals surface area contributed by atoms with Crippen LogP contribution in [0.1, 0.15) is 28.4 Å². The zero-order valence-corrected chi connectivity index (χ0v) is 13.0. The molecule has 1 aliphatic heterocycles. The van der Waals surface area contributed by atoms with Crippen LogP contribution in [0.3, 0.4) is 0 Å². The summed E-state index contributed by atoms with van der Waals surface area (Å²) in [5.41, 5.74) is 1.43. The second kappa shape index (κ2) is 6.40. The number of fused-ring (bicyclic) bond motifs is 1. The predicted octanol–water partition coefficient (Wildman–Crippen LogP) is 3.80. The van der Waals surface area contributed by atoms with Crippen LogP contribution in [0.5, 0.6) is 5.75 Å². The number of ether oxygens (including phenoxy) is 1. The Morgan fingerprint density at radius 2 is 2.14 bits per heavy atom. The van der Waals surface area contributed by atoms with E-state index in [2.05, 4.69) is 11.4 Å². The molecule has 3 rings (SSSR count). The molecule has 0 saturated carbocycles. The number of amides is 1. The first-order valence-electron chi connectivity index (χ1n) is 7.05. The van der Waals surface area contributed by atoms with Gasteiger partial charge in [-0.1, -0.05) is 18.2 Å². The molecule has 0 aliphatic carbocycles. The topological polar surface area (TPSA) is 38.3 Å². The molecule has 2 aromatic carbocycles. The predicted molar refractivity (Wildman–Crippen MR) is 84.9 cm³/mol. The minimum Gasteiger partial charge on any atom is -0.494 e. The molecule has 0 spiro atoms. The van der Waals surface area contributed by atoms with E-state index >= 15 is 0 Å². The molecule has 0 radical (unpaired) electrons. The standard InChI is InChI=1S/C17H16FNO2S/c1-21-15-7-6-11(10-13(15)18)17(20)19-14-8-9-22-16-5-3-2-4-12(14)16/h2-7,10,14H,8-9H2,1H3,(H,19,20)/t14-/m1/s1. The fraction of sp³-hybridized carbons (Fsp3) is 0.235. The summed E-state index contributed by atoms with van der Waals surface area (Å²) in [5, 5.41) is 3.00. The molecule has 22 heavy (non-hydrogen) atoms. The number of thioether (sulfide) groups is 1. The maximum atomic E-state index is 13.7. The molecule has 5 heteroatoms. The Kier molecular flexibility index (Phi) is 4.34. The van der Waals surface area contributed by atoms with Crippen LogP contribution in [0.2, 0.25) is 0 Å². The van der Waals surface area contributed by atoms with Crippen molar-refractivity contribution in [2.45, 2.75) is 17.4 Å². The molecule has 0 saturated heterocycles. The molecule has 0 aromatic heterocycles. The highest BCUT2D eigenvalue weighted by Crippen LogP contribution is 2.35. The van der Waals surface area contributed by atoms with Gasteiger partial charge in [0.05, 0.1) is 13.2 Å². The fourth-order valence-corrected chi connectivity index (χ4v) is 3.67. The van der Waals surface area contributed by atoms with Crippen LogP contribution in [0.15, 0.2) is 47.4 Å². The van der Waals surface area contributed by atoms with E-state index in [4.69, 9.17) is 4.74 Å². The van der Waals surface area contributed by atoms with E-state index in [-0.39, 0.29) is 17.7 Å². The lowest BCUT2D eigenvalue weighted by molar-refractivity contribution is 0.0934. The highest BCUT2D eigenvalue weighted by Gasteiger charge is 2.22. The second-order valence-electron chi connectivity index (χ2n) is 5.05. The van der Waals surface area contributed by atoms with Gasteiger partial charge < -0.3 is 10.1 Å². The number of rotatable bonds is 3. The summed E-state index contributed by atoms with van der Waals surface area (Å²) in [5.74, 6) is 0.290. The van der Waals surface area contributed by atoms with Crippen molar-refractivity contribution < 1.29 is 13.9 Å². The zero-order valence-electron chi connectivity index (χ0n) is 12.1. The van der Waals surface area contributed by atoms with Crippen molar-refractivity contribution in [3.8, 4) is 5.75 Å². The van der Waals surface area contributed by atoms with Gasteiger partial charge in [0.2, 0.25) is 0 Å². The lowest BCUT2D eigenvalue weighted by Crippen LogP contribution is -2.30. The van der Waals surface area contributed by atoms with Crippen molar-refractivity contribution in [3.63, 3.8) is 0 Å². The molecule has 2 aromatic rings. The molecular weight excluding hydrogens is 301 g/mol. The van der Waals surface area contributed by atoms with E-state index in [1.165, 1.54) is 24.1 Å². The fourth-order valence-electron chi connectivity index (χ4n) is 2.54. The third kappa shape index (κ3) is 2.95. The van der Waals surface area contributed by atoms with Gasteiger partial charge in [0.1, 0.15) is 0 Å². The van der Waals surface area contributed by atoms with Gasteiger partial charge in [0, 0.05) is 16.2 Å². The molecule has 1 heterocycles. The molecule has 1 aliphatic rings. The average molecular weight is 317 g/mol. The molecular formula is C17H16FNO2S. The Balaban J connectivity index is 1.79. The first-order valence-corrected chi connectivity index (χ1v) is 8.03. The van der Waals surface area contributed by atoms with Gasteiger partial charge in [0.25, 0.3) is 5.91 Å². The number of halogens is 1. The quantitative estimate of drug-likeness (QED) is 0.936. The monoisotopic (exact) mass is 317 g/mol. The van der Waals surface area contributed by atoms with Crippen LogP contribution in [-0.2, 0) is 0 Å². The van der Waals surface area contributed by atoms with Gasteiger partial charge in [-0.3, -0.25) is 4.79 Å². The van der Waals surface area contributed by atoms with Gasteiger partial charge in [-0.2, -0.15) is 0 Å². The van der Waals surface area contributed by atoms with E-state index in [1.54, 1.807) is 17.8 Å². The van der Waals surface area contributed by atoms with Crippen LogP contribution in [0.4, 0.5) is 4.39 Å². The van der Waals surface area contributed by atoms with Gasteiger partial charge in [0.15, 0.2) is 11.6 Å². The van der Waals surface area contributed by atoms with Crippen LogP contribution >= 0.6 is 11.8 Å². The van der Waals surface area contributed by atoms with E-state index < -0.39 is 5.82 Å². The Hall–Kier alpha value is -2.01. The Bertz CT molecular complexity index is 705. The minimum atomic E-state index is -0.533. The summed E-state index contributed by atoms with van der Waals surface area (Å²) in [6.07, 6.45) is 0.867. The first-order chi connectivity index (χ1) is 10.7. The molecule has 114 valence electrons. The third-order valence-electron chi connectivity index (χ3n) is 3.68. The number of carbonyl (C=O) groups is 1. The number of carbonyl (C=O) groups excluding carboxylic acids is 1. The van der Waals surface area contributed by atoms with Gasteiger partial charge in [-0.05, 0) is 36.2 Å². The maximum absolute atomic E-state index is 13.7. The van der Waals surface area contributed by atoms with Crippen LogP contribution in [0.25, 0.3) is 0 Å². The van der Waals surface area contributed by atoms with Crippen molar-refractivity contribution in [2.24, 2.45) is 0 Å². The summed E-state index contributed by atoms with van der Waals surface area (Å²) in [6, 6.07) is 12.3. The van der Waals surface area contributed by atoms with Crippen molar-refractivity contribution >= 4 is 17.7 Å². The number of methoxy groups -OCH3 is 1. The molecule has 0 unspecified atom stereocenters. The lowest BCUT2D eigenvalue weighted by Gasteiger charge is -2.25. The Labute approximate surface area is 132 Å². The average Bonchev–Trinajstić information content (AvgIpc) is 2.55. The first kappa shape index (κ1) is 14.9. The van der Waals surface area contributed by atoms with Crippen molar-refractivity contribution in [1.82, 2.24) is 5.32 Å². The summed E-state index contributed by atoms with van der Waals surface area (Å²) < 4.78 is 18.6. The van der Waals surface area contributed by atoms with Crippen LogP contribution < -0.4 is 10.1 Å². The number of benzene rings is 2. The molecule has 1 N–H and O–H groups in total. The summed E-state index contributed by atoms with van der Waals surface area (Å²) in [6.45, 7) is 0. The Morgan fingerprint density at radius 3 is 2.91 bits per heavy atom. The third-order valence-corrected chi connectivity index (χ3v) is 4.80. The summed E-state index contributed by atoms with van der Waals surface area (Å²) in [7, 11) is 1.40. The van der Waals surface area contributed by atoms with E-state index in [9.17, 15) is 9.18 Å². The van der Waals surface area contributed by atoms with E-state index in [0.29, 0.717) is 5.56 Å². The van der Waals surface area contributed by atoms with E-state index in [0.717, 1.165) is 17.7 Å². The number of hydrogen-bond acceptors (Lipinski definition) is 3. The summed E-state index contributed by atoms with van der Waals surface area (Å²) in [4.78, 5) is 13.5. The molecule has 3 nitrogen and oxygen atoms in total. The lowest BCUT2D eigenvalue weighted by atomic mass is 10.0. The molecule has 1 amide bonds.